The normalized spacial score (nSPS) is 14.1. The van der Waals surface area contributed by atoms with Gasteiger partial charge in [-0.25, -0.2) is 0 Å². The maximum Gasteiger partial charge on any atom is 0.0518 e. The van der Waals surface area contributed by atoms with Crippen LogP contribution in [-0.2, 0) is 4.74 Å². The predicted octanol–water partition coefficient (Wildman–Crippen LogP) is 0.0875. The molecule has 62 valence electrons. The Morgan fingerprint density at radius 3 is 2.40 bits per heavy atom. The summed E-state index contributed by atoms with van der Waals surface area (Å²) in [5.74, 6) is 0. The third kappa shape index (κ3) is 6.01. The van der Waals surface area contributed by atoms with Crippen molar-refractivity contribution in [1.82, 2.24) is 0 Å². The molecule has 10 heavy (non-hydrogen) atoms. The van der Waals surface area contributed by atoms with Crippen LogP contribution >= 0.6 is 0 Å². The van der Waals surface area contributed by atoms with E-state index >= 15 is 0 Å². The Hall–Kier alpha value is -0.120. The fraction of sp³-hybridized carbons (Fsp3) is 1.00. The van der Waals surface area contributed by atoms with Crippen molar-refractivity contribution in [2.45, 2.75) is 32.4 Å². The zero-order valence-corrected chi connectivity index (χ0v) is 6.84. The van der Waals surface area contributed by atoms with E-state index in [2.05, 4.69) is 0 Å². The van der Waals surface area contributed by atoms with Crippen LogP contribution in [0.2, 0.25) is 0 Å². The number of nitrogens with two attached hydrogens (primary N) is 2. The molecule has 0 aliphatic rings. The first-order valence-corrected chi connectivity index (χ1v) is 3.74. The van der Waals surface area contributed by atoms with Crippen LogP contribution in [-0.4, -0.2) is 25.3 Å². The molecule has 0 aromatic carbocycles. The van der Waals surface area contributed by atoms with Crippen molar-refractivity contribution in [2.75, 3.05) is 13.2 Å². The largest absolute Gasteiger partial charge is 0.379 e. The van der Waals surface area contributed by atoms with Crippen LogP contribution in [0.4, 0.5) is 0 Å². The van der Waals surface area contributed by atoms with Crippen LogP contribution in [0, 0.1) is 0 Å². The van der Waals surface area contributed by atoms with Gasteiger partial charge < -0.3 is 16.2 Å². The molecule has 0 aromatic heterocycles. The van der Waals surface area contributed by atoms with E-state index in [1.807, 2.05) is 13.8 Å². The SMILES string of the molecule is CC(C)OCCC(N)CN. The molecule has 0 aliphatic carbocycles. The molecule has 1 unspecified atom stereocenters. The molecule has 0 radical (unpaired) electrons. The molecule has 0 saturated carbocycles. The lowest BCUT2D eigenvalue weighted by Crippen LogP contribution is -2.31. The Morgan fingerprint density at radius 1 is 1.40 bits per heavy atom. The molecule has 0 rings (SSSR count). The Morgan fingerprint density at radius 2 is 2.00 bits per heavy atom. The molecule has 0 amide bonds. The smallest absolute Gasteiger partial charge is 0.0518 e. The Labute approximate surface area is 62.7 Å². The molecular weight excluding hydrogens is 128 g/mol. The van der Waals surface area contributed by atoms with Crippen molar-refractivity contribution in [3.05, 3.63) is 0 Å². The second-order valence-corrected chi connectivity index (χ2v) is 2.70. The maximum absolute atomic E-state index is 5.55. The van der Waals surface area contributed by atoms with Crippen LogP contribution in [0.1, 0.15) is 20.3 Å². The van der Waals surface area contributed by atoms with Gasteiger partial charge in [0.1, 0.15) is 0 Å². The molecular formula is C7H18N2O. The van der Waals surface area contributed by atoms with E-state index in [1.165, 1.54) is 0 Å². The second-order valence-electron chi connectivity index (χ2n) is 2.70. The van der Waals surface area contributed by atoms with Gasteiger partial charge in [-0.1, -0.05) is 0 Å². The van der Waals surface area contributed by atoms with Crippen LogP contribution < -0.4 is 11.5 Å². The van der Waals surface area contributed by atoms with Gasteiger partial charge in [0.05, 0.1) is 6.10 Å². The van der Waals surface area contributed by atoms with Crippen molar-refractivity contribution in [3.63, 3.8) is 0 Å². The molecule has 0 fully saturated rings. The number of rotatable bonds is 5. The maximum atomic E-state index is 5.55. The highest BCUT2D eigenvalue weighted by atomic mass is 16.5. The van der Waals surface area contributed by atoms with Gasteiger partial charge in [-0.2, -0.15) is 0 Å². The molecule has 1 atom stereocenters. The highest BCUT2D eigenvalue weighted by molar-refractivity contribution is 4.60. The lowest BCUT2D eigenvalue weighted by Gasteiger charge is -2.10. The van der Waals surface area contributed by atoms with Gasteiger partial charge in [0, 0.05) is 19.2 Å². The monoisotopic (exact) mass is 146 g/mol. The van der Waals surface area contributed by atoms with E-state index in [-0.39, 0.29) is 6.04 Å². The summed E-state index contributed by atoms with van der Waals surface area (Å²) >= 11 is 0. The molecule has 0 aromatic rings. The van der Waals surface area contributed by atoms with Crippen LogP contribution in [0.25, 0.3) is 0 Å². The average Bonchev–Trinajstić information content (AvgIpc) is 1.87. The Balaban J connectivity index is 3.03. The Bertz CT molecular complexity index is 76.0. The first kappa shape index (κ1) is 9.88. The quantitative estimate of drug-likeness (QED) is 0.577. The van der Waals surface area contributed by atoms with E-state index in [0.29, 0.717) is 12.6 Å². The summed E-state index contributed by atoms with van der Waals surface area (Å²) in [6.45, 7) is 5.28. The van der Waals surface area contributed by atoms with E-state index in [4.69, 9.17) is 16.2 Å². The van der Waals surface area contributed by atoms with Crippen LogP contribution in [0.15, 0.2) is 0 Å². The molecule has 3 heteroatoms. The zero-order valence-electron chi connectivity index (χ0n) is 6.84. The van der Waals surface area contributed by atoms with Crippen molar-refractivity contribution in [3.8, 4) is 0 Å². The highest BCUT2D eigenvalue weighted by Crippen LogP contribution is 1.91. The Kier molecular flexibility index (Phi) is 5.58. The number of hydrogen-bond acceptors (Lipinski definition) is 3. The molecule has 3 nitrogen and oxygen atoms in total. The van der Waals surface area contributed by atoms with Crippen molar-refractivity contribution >= 4 is 0 Å². The van der Waals surface area contributed by atoms with Gasteiger partial charge >= 0.3 is 0 Å². The van der Waals surface area contributed by atoms with Crippen molar-refractivity contribution in [2.24, 2.45) is 11.5 Å². The summed E-state index contributed by atoms with van der Waals surface area (Å²) in [7, 11) is 0. The fourth-order valence-corrected chi connectivity index (χ4v) is 0.573. The lowest BCUT2D eigenvalue weighted by atomic mass is 10.2. The minimum Gasteiger partial charge on any atom is -0.379 e. The third-order valence-corrected chi connectivity index (χ3v) is 1.24. The van der Waals surface area contributed by atoms with Crippen LogP contribution in [0.5, 0.6) is 0 Å². The summed E-state index contributed by atoms with van der Waals surface area (Å²) in [6, 6.07) is 0.0961. The van der Waals surface area contributed by atoms with Gasteiger partial charge in [0.2, 0.25) is 0 Å². The topological polar surface area (TPSA) is 61.3 Å². The van der Waals surface area contributed by atoms with E-state index in [1.54, 1.807) is 0 Å². The van der Waals surface area contributed by atoms with Gasteiger partial charge in [0.25, 0.3) is 0 Å². The summed E-state index contributed by atoms with van der Waals surface area (Å²) in [6.07, 6.45) is 1.15. The number of ether oxygens (including phenoxy) is 1. The van der Waals surface area contributed by atoms with Gasteiger partial charge in [-0.05, 0) is 20.3 Å². The zero-order chi connectivity index (χ0) is 7.98. The molecule has 0 bridgehead atoms. The minimum absolute atomic E-state index is 0.0961. The molecule has 4 N–H and O–H groups in total. The average molecular weight is 146 g/mol. The molecule has 0 aliphatic heterocycles. The summed E-state index contributed by atoms with van der Waals surface area (Å²) in [5, 5.41) is 0. The standard InChI is InChI=1S/C7H18N2O/c1-6(2)10-4-3-7(9)5-8/h6-7H,3-5,8-9H2,1-2H3. The van der Waals surface area contributed by atoms with Crippen molar-refractivity contribution < 1.29 is 4.74 Å². The first-order chi connectivity index (χ1) is 4.66. The summed E-state index contributed by atoms with van der Waals surface area (Å²) < 4.78 is 5.28. The summed E-state index contributed by atoms with van der Waals surface area (Å²) in [4.78, 5) is 0. The first-order valence-electron chi connectivity index (χ1n) is 3.74. The van der Waals surface area contributed by atoms with E-state index in [9.17, 15) is 0 Å². The molecule has 0 saturated heterocycles. The van der Waals surface area contributed by atoms with E-state index in [0.717, 1.165) is 13.0 Å². The number of hydrogen-bond donors (Lipinski definition) is 2. The highest BCUT2D eigenvalue weighted by Gasteiger charge is 1.99. The van der Waals surface area contributed by atoms with Crippen LogP contribution in [0.3, 0.4) is 0 Å². The van der Waals surface area contributed by atoms with Gasteiger partial charge in [-0.3, -0.25) is 0 Å². The van der Waals surface area contributed by atoms with Gasteiger partial charge in [-0.15, -0.1) is 0 Å². The minimum atomic E-state index is 0.0961. The summed E-state index contributed by atoms with van der Waals surface area (Å²) in [5.41, 5.74) is 10.9. The van der Waals surface area contributed by atoms with Gasteiger partial charge in [0.15, 0.2) is 0 Å². The second kappa shape index (κ2) is 5.65. The van der Waals surface area contributed by atoms with Crippen molar-refractivity contribution in [1.29, 1.82) is 0 Å². The fourth-order valence-electron chi connectivity index (χ4n) is 0.573. The molecule has 0 heterocycles. The predicted molar refractivity (Wildman–Crippen MR) is 42.7 cm³/mol. The lowest BCUT2D eigenvalue weighted by molar-refractivity contribution is 0.0740. The third-order valence-electron chi connectivity index (χ3n) is 1.24. The van der Waals surface area contributed by atoms with E-state index < -0.39 is 0 Å². The molecule has 0 spiro atoms.